The maximum atomic E-state index is 12.4. The lowest BCUT2D eigenvalue weighted by Gasteiger charge is -2.49. The molecule has 12 heavy (non-hydrogen) atoms. The summed E-state index contributed by atoms with van der Waals surface area (Å²) in [5.74, 6) is -0.445. The molecular weight excluding hydrogens is 280 g/mol. The van der Waals surface area contributed by atoms with Crippen LogP contribution >= 0.6 is 22.6 Å². The third-order valence-corrected chi connectivity index (χ3v) is 4.72. The van der Waals surface area contributed by atoms with Crippen LogP contribution in [-0.4, -0.2) is 10.1 Å². The molecule has 0 saturated heterocycles. The molecule has 3 aliphatic rings. The molecule has 0 aliphatic heterocycles. The van der Waals surface area contributed by atoms with Crippen molar-refractivity contribution in [2.24, 2.45) is 17.8 Å². The Morgan fingerprint density at radius 1 is 1.00 bits per heavy atom. The van der Waals surface area contributed by atoms with E-state index in [4.69, 9.17) is 0 Å². The van der Waals surface area contributed by atoms with E-state index in [0.717, 1.165) is 12.8 Å². The maximum absolute atomic E-state index is 12.4. The van der Waals surface area contributed by atoms with Gasteiger partial charge in [-0.25, -0.2) is 0 Å². The number of alkyl halides is 4. The highest BCUT2D eigenvalue weighted by Gasteiger charge is 2.54. The zero-order valence-corrected chi connectivity index (χ0v) is 8.60. The second-order valence-electron chi connectivity index (χ2n) is 3.89. The van der Waals surface area contributed by atoms with Crippen molar-refractivity contribution in [3.8, 4) is 0 Å². The van der Waals surface area contributed by atoms with Crippen molar-refractivity contribution in [3.63, 3.8) is 0 Å². The average molecular weight is 290 g/mol. The van der Waals surface area contributed by atoms with Crippen molar-refractivity contribution < 1.29 is 13.2 Å². The summed E-state index contributed by atoms with van der Waals surface area (Å²) >= 11 is 2.18. The first-order chi connectivity index (χ1) is 5.48. The summed E-state index contributed by atoms with van der Waals surface area (Å²) in [5, 5.41) is 0. The topological polar surface area (TPSA) is 0 Å². The van der Waals surface area contributed by atoms with Gasteiger partial charge in [-0.05, 0) is 31.1 Å². The fraction of sp³-hybridized carbons (Fsp3) is 1.00. The number of hydrogen-bond acceptors (Lipinski definition) is 0. The van der Waals surface area contributed by atoms with E-state index < -0.39 is 12.1 Å². The molecule has 4 heteroatoms. The number of fused-ring (bicyclic) bond motifs is 2. The van der Waals surface area contributed by atoms with Gasteiger partial charge in [-0.2, -0.15) is 13.2 Å². The molecule has 70 valence electrons. The fourth-order valence-corrected chi connectivity index (χ4v) is 3.50. The van der Waals surface area contributed by atoms with E-state index in [1.165, 1.54) is 0 Å². The summed E-state index contributed by atoms with van der Waals surface area (Å²) in [7, 11) is 0. The smallest absolute Gasteiger partial charge is 0.171 e. The van der Waals surface area contributed by atoms with Gasteiger partial charge in [0.15, 0.2) is 0 Å². The van der Waals surface area contributed by atoms with Gasteiger partial charge < -0.3 is 0 Å². The fourth-order valence-electron chi connectivity index (χ4n) is 2.36. The molecule has 0 aromatic rings. The van der Waals surface area contributed by atoms with Crippen LogP contribution in [0.4, 0.5) is 13.2 Å². The summed E-state index contributed by atoms with van der Waals surface area (Å²) < 4.78 is 37.4. The summed E-state index contributed by atoms with van der Waals surface area (Å²) in [5.41, 5.74) is 0. The minimum atomic E-state index is -3.94. The molecule has 2 unspecified atom stereocenters. The highest BCUT2D eigenvalue weighted by Crippen LogP contribution is 2.56. The molecule has 0 nitrogen and oxygen atoms in total. The van der Waals surface area contributed by atoms with Crippen LogP contribution < -0.4 is 0 Å². The molecule has 3 rings (SSSR count). The van der Waals surface area contributed by atoms with E-state index in [9.17, 15) is 13.2 Å². The molecule has 3 fully saturated rings. The highest BCUT2D eigenvalue weighted by atomic mass is 127. The van der Waals surface area contributed by atoms with Crippen molar-refractivity contribution in [2.45, 2.75) is 29.4 Å². The van der Waals surface area contributed by atoms with Gasteiger partial charge in [-0.3, -0.25) is 0 Å². The first kappa shape index (κ1) is 9.09. The molecule has 0 N–H and O–H groups in total. The Bertz CT molecular complexity index is 183. The van der Waals surface area contributed by atoms with Gasteiger partial charge >= 0.3 is 6.18 Å². The predicted octanol–water partition coefficient (Wildman–Crippen LogP) is 3.40. The van der Waals surface area contributed by atoms with Crippen LogP contribution in [0.15, 0.2) is 0 Å². The minimum Gasteiger partial charge on any atom is -0.171 e. The highest BCUT2D eigenvalue weighted by molar-refractivity contribution is 14.1. The van der Waals surface area contributed by atoms with Crippen LogP contribution in [0.25, 0.3) is 0 Å². The molecule has 3 saturated carbocycles. The molecule has 0 aromatic carbocycles. The molecule has 2 bridgehead atoms. The Hall–Kier alpha value is 0.520. The Morgan fingerprint density at radius 3 is 1.92 bits per heavy atom. The third-order valence-electron chi connectivity index (χ3n) is 3.19. The van der Waals surface area contributed by atoms with Gasteiger partial charge in [0.2, 0.25) is 0 Å². The average Bonchev–Trinajstić information content (AvgIpc) is 1.81. The third kappa shape index (κ3) is 1.36. The standard InChI is InChI=1S/C8H10F3I/c9-8(10,11)6-3-7(12)5-1-4(6)2-5/h4-7H,1-3H2. The minimum absolute atomic E-state index is 0.0407. The summed E-state index contributed by atoms with van der Waals surface area (Å²) in [6.07, 6.45) is -1.95. The Morgan fingerprint density at radius 2 is 1.58 bits per heavy atom. The van der Waals surface area contributed by atoms with E-state index >= 15 is 0 Å². The van der Waals surface area contributed by atoms with Crippen molar-refractivity contribution in [3.05, 3.63) is 0 Å². The van der Waals surface area contributed by atoms with E-state index in [-0.39, 0.29) is 9.84 Å². The summed E-state index contributed by atoms with van der Waals surface area (Å²) in [6.45, 7) is 0. The van der Waals surface area contributed by atoms with E-state index in [0.29, 0.717) is 12.3 Å². The molecule has 0 aromatic heterocycles. The first-order valence-electron chi connectivity index (χ1n) is 4.19. The lowest BCUT2D eigenvalue weighted by Crippen LogP contribution is -2.48. The Balaban J connectivity index is 2.07. The number of rotatable bonds is 0. The largest absolute Gasteiger partial charge is 0.392 e. The molecular formula is C8H10F3I. The molecule has 3 aliphatic carbocycles. The van der Waals surface area contributed by atoms with Gasteiger partial charge in [-0.15, -0.1) is 0 Å². The van der Waals surface area contributed by atoms with Crippen molar-refractivity contribution >= 4 is 22.6 Å². The van der Waals surface area contributed by atoms with Gasteiger partial charge in [0.25, 0.3) is 0 Å². The molecule has 0 spiro atoms. The normalized spacial score (nSPS) is 47.0. The maximum Gasteiger partial charge on any atom is 0.392 e. The lowest BCUT2D eigenvalue weighted by molar-refractivity contribution is -0.213. The predicted molar refractivity (Wildman–Crippen MR) is 48.2 cm³/mol. The van der Waals surface area contributed by atoms with Crippen molar-refractivity contribution in [2.75, 3.05) is 0 Å². The van der Waals surface area contributed by atoms with Crippen molar-refractivity contribution in [1.29, 1.82) is 0 Å². The van der Waals surface area contributed by atoms with Gasteiger partial charge in [0.05, 0.1) is 5.92 Å². The second kappa shape index (κ2) is 2.75. The molecule has 2 atom stereocenters. The first-order valence-corrected chi connectivity index (χ1v) is 5.44. The van der Waals surface area contributed by atoms with Crippen LogP contribution in [0.2, 0.25) is 0 Å². The van der Waals surface area contributed by atoms with Crippen LogP contribution in [0.3, 0.4) is 0 Å². The molecule has 0 radical (unpaired) electrons. The number of halogens is 4. The van der Waals surface area contributed by atoms with Crippen LogP contribution in [0.5, 0.6) is 0 Å². The van der Waals surface area contributed by atoms with Gasteiger partial charge in [-0.1, -0.05) is 22.6 Å². The summed E-state index contributed by atoms with van der Waals surface area (Å²) in [4.78, 5) is 0. The van der Waals surface area contributed by atoms with E-state index in [1.54, 1.807) is 0 Å². The molecule has 0 heterocycles. The quantitative estimate of drug-likeness (QED) is 0.474. The number of hydrogen-bond donors (Lipinski definition) is 0. The SMILES string of the molecule is FC(F)(F)C1CC(I)C2CC1C2. The van der Waals surface area contributed by atoms with Crippen LogP contribution in [-0.2, 0) is 0 Å². The second-order valence-corrected chi connectivity index (χ2v) is 5.49. The van der Waals surface area contributed by atoms with Crippen LogP contribution in [0, 0.1) is 17.8 Å². The Labute approximate surface area is 83.0 Å². The zero-order valence-electron chi connectivity index (χ0n) is 6.44. The molecule has 0 amide bonds. The van der Waals surface area contributed by atoms with Gasteiger partial charge in [0.1, 0.15) is 0 Å². The lowest BCUT2D eigenvalue weighted by atomic mass is 9.60. The zero-order chi connectivity index (χ0) is 8.93. The monoisotopic (exact) mass is 290 g/mol. The summed E-state index contributed by atoms with van der Waals surface area (Å²) in [6, 6.07) is 0. The van der Waals surface area contributed by atoms with E-state index in [1.807, 2.05) is 0 Å². The Kier molecular flexibility index (Phi) is 2.09. The van der Waals surface area contributed by atoms with E-state index in [2.05, 4.69) is 22.6 Å². The van der Waals surface area contributed by atoms with Crippen molar-refractivity contribution in [1.82, 2.24) is 0 Å². The van der Waals surface area contributed by atoms with Crippen LogP contribution in [0.1, 0.15) is 19.3 Å². The van der Waals surface area contributed by atoms with Gasteiger partial charge in [0, 0.05) is 3.92 Å².